The molecule has 14 heavy (non-hydrogen) atoms. The molecule has 3 nitrogen and oxygen atoms in total. The van der Waals surface area contributed by atoms with Gasteiger partial charge in [-0.15, -0.1) is 0 Å². The van der Waals surface area contributed by atoms with Gasteiger partial charge < -0.3 is 5.32 Å². The van der Waals surface area contributed by atoms with Crippen molar-refractivity contribution in [3.05, 3.63) is 23.4 Å². The molecule has 3 heteroatoms. The molecule has 0 saturated heterocycles. The summed E-state index contributed by atoms with van der Waals surface area (Å²) < 4.78 is 0. The lowest BCUT2D eigenvalue weighted by atomic mass is 10.2. The van der Waals surface area contributed by atoms with Crippen LogP contribution in [0.5, 0.6) is 0 Å². The van der Waals surface area contributed by atoms with E-state index >= 15 is 0 Å². The van der Waals surface area contributed by atoms with Crippen LogP contribution >= 0.6 is 0 Å². The van der Waals surface area contributed by atoms with E-state index in [-0.39, 0.29) is 11.8 Å². The van der Waals surface area contributed by atoms with E-state index in [1.807, 2.05) is 19.9 Å². The molecular formula is C11H14N2O. The van der Waals surface area contributed by atoms with Crippen LogP contribution in [0.3, 0.4) is 0 Å². The van der Waals surface area contributed by atoms with Crippen LogP contribution < -0.4 is 5.32 Å². The first-order valence-corrected chi connectivity index (χ1v) is 4.91. The number of pyridine rings is 1. The van der Waals surface area contributed by atoms with Crippen molar-refractivity contribution >= 4 is 11.7 Å². The first-order valence-electron chi connectivity index (χ1n) is 4.91. The summed E-state index contributed by atoms with van der Waals surface area (Å²) in [5.41, 5.74) is 2.31. The second kappa shape index (κ2) is 3.40. The third-order valence-corrected chi connectivity index (χ3v) is 2.57. The van der Waals surface area contributed by atoms with Crippen LogP contribution in [-0.4, -0.2) is 10.9 Å². The first-order chi connectivity index (χ1) is 6.66. The van der Waals surface area contributed by atoms with Gasteiger partial charge in [0.25, 0.3) is 0 Å². The standard InChI is InChI=1S/C11H14N2O/c1-7-5-10(12-6-8(7)2)13-11(14)9-3-4-9/h5-6,9H,3-4H2,1-2H3,(H,12,13,14). The maximum Gasteiger partial charge on any atom is 0.228 e. The monoisotopic (exact) mass is 190 g/mol. The molecular weight excluding hydrogens is 176 g/mol. The van der Waals surface area contributed by atoms with Gasteiger partial charge in [-0.2, -0.15) is 0 Å². The highest BCUT2D eigenvalue weighted by Gasteiger charge is 2.29. The molecule has 0 atom stereocenters. The average Bonchev–Trinajstić information content (AvgIpc) is 2.94. The normalized spacial score (nSPS) is 15.3. The van der Waals surface area contributed by atoms with E-state index in [0.717, 1.165) is 24.0 Å². The van der Waals surface area contributed by atoms with Gasteiger partial charge in [0.2, 0.25) is 5.91 Å². The maximum absolute atomic E-state index is 11.4. The molecule has 1 aromatic heterocycles. The predicted molar refractivity (Wildman–Crippen MR) is 55.1 cm³/mol. The Kier molecular flexibility index (Phi) is 2.23. The molecule has 0 aromatic carbocycles. The number of amides is 1. The topological polar surface area (TPSA) is 42.0 Å². The van der Waals surface area contributed by atoms with Gasteiger partial charge in [-0.25, -0.2) is 4.98 Å². The highest BCUT2D eigenvalue weighted by molar-refractivity contribution is 5.93. The summed E-state index contributed by atoms with van der Waals surface area (Å²) in [6, 6.07) is 1.91. The Morgan fingerprint density at radius 1 is 1.43 bits per heavy atom. The number of rotatable bonds is 2. The van der Waals surface area contributed by atoms with E-state index in [4.69, 9.17) is 0 Å². The van der Waals surface area contributed by atoms with Crippen LogP contribution in [0.2, 0.25) is 0 Å². The van der Waals surface area contributed by atoms with Gasteiger partial charge in [-0.3, -0.25) is 4.79 Å². The molecule has 0 spiro atoms. The number of aryl methyl sites for hydroxylation is 2. The van der Waals surface area contributed by atoms with Crippen molar-refractivity contribution in [2.24, 2.45) is 5.92 Å². The number of carbonyl (C=O) groups excluding carboxylic acids is 1. The van der Waals surface area contributed by atoms with Crippen molar-refractivity contribution in [1.82, 2.24) is 4.98 Å². The molecule has 1 aliphatic rings. The zero-order valence-electron chi connectivity index (χ0n) is 8.50. The number of nitrogens with one attached hydrogen (secondary N) is 1. The summed E-state index contributed by atoms with van der Waals surface area (Å²) in [6.07, 6.45) is 3.84. The third kappa shape index (κ3) is 1.92. The van der Waals surface area contributed by atoms with Crippen molar-refractivity contribution < 1.29 is 4.79 Å². The van der Waals surface area contributed by atoms with E-state index in [1.165, 1.54) is 0 Å². The number of aromatic nitrogens is 1. The summed E-state index contributed by atoms with van der Waals surface area (Å²) in [4.78, 5) is 15.6. The van der Waals surface area contributed by atoms with Gasteiger partial charge in [0.05, 0.1) is 0 Å². The van der Waals surface area contributed by atoms with Gasteiger partial charge in [-0.05, 0) is 43.9 Å². The molecule has 1 heterocycles. The number of nitrogens with zero attached hydrogens (tertiary/aromatic N) is 1. The minimum atomic E-state index is 0.112. The number of hydrogen-bond acceptors (Lipinski definition) is 2. The number of anilines is 1. The molecule has 74 valence electrons. The van der Waals surface area contributed by atoms with Crippen LogP contribution in [0.1, 0.15) is 24.0 Å². The van der Waals surface area contributed by atoms with Crippen LogP contribution in [-0.2, 0) is 4.79 Å². The molecule has 0 radical (unpaired) electrons. The number of hydrogen-bond donors (Lipinski definition) is 1. The first kappa shape index (κ1) is 9.19. The Labute approximate surface area is 83.5 Å². The summed E-state index contributed by atoms with van der Waals surface area (Å²) in [5.74, 6) is 1.02. The van der Waals surface area contributed by atoms with Crippen molar-refractivity contribution in [3.63, 3.8) is 0 Å². The quantitative estimate of drug-likeness (QED) is 0.775. The summed E-state index contributed by atoms with van der Waals surface area (Å²) in [7, 11) is 0. The molecule has 0 unspecified atom stereocenters. The van der Waals surface area contributed by atoms with Gasteiger partial charge >= 0.3 is 0 Å². The predicted octanol–water partition coefficient (Wildman–Crippen LogP) is 2.05. The minimum Gasteiger partial charge on any atom is -0.310 e. The van der Waals surface area contributed by atoms with E-state index in [9.17, 15) is 4.79 Å². The third-order valence-electron chi connectivity index (χ3n) is 2.57. The van der Waals surface area contributed by atoms with Crippen molar-refractivity contribution in [1.29, 1.82) is 0 Å². The smallest absolute Gasteiger partial charge is 0.228 e. The van der Waals surface area contributed by atoms with E-state index in [0.29, 0.717) is 5.82 Å². The highest BCUT2D eigenvalue weighted by Crippen LogP contribution is 2.29. The Balaban J connectivity index is 2.08. The molecule has 1 amide bonds. The van der Waals surface area contributed by atoms with Gasteiger partial charge in [0, 0.05) is 12.1 Å². The lowest BCUT2D eigenvalue weighted by molar-refractivity contribution is -0.117. The Bertz CT molecular complexity index is 370. The largest absolute Gasteiger partial charge is 0.310 e. The van der Waals surface area contributed by atoms with Gasteiger partial charge in [0.15, 0.2) is 0 Å². The van der Waals surface area contributed by atoms with Crippen LogP contribution in [0.15, 0.2) is 12.3 Å². The molecule has 1 aromatic rings. The van der Waals surface area contributed by atoms with E-state index in [2.05, 4.69) is 10.3 Å². The molecule has 2 rings (SSSR count). The lowest BCUT2D eigenvalue weighted by Crippen LogP contribution is -2.14. The van der Waals surface area contributed by atoms with Gasteiger partial charge in [0.1, 0.15) is 5.82 Å². The average molecular weight is 190 g/mol. The Morgan fingerprint density at radius 3 is 2.71 bits per heavy atom. The van der Waals surface area contributed by atoms with Gasteiger partial charge in [-0.1, -0.05) is 0 Å². The minimum absolute atomic E-state index is 0.112. The van der Waals surface area contributed by atoms with Crippen LogP contribution in [0.25, 0.3) is 0 Å². The lowest BCUT2D eigenvalue weighted by Gasteiger charge is -2.05. The van der Waals surface area contributed by atoms with Crippen molar-refractivity contribution in [2.45, 2.75) is 26.7 Å². The molecule has 1 saturated carbocycles. The van der Waals surface area contributed by atoms with Crippen LogP contribution in [0, 0.1) is 19.8 Å². The van der Waals surface area contributed by atoms with Crippen molar-refractivity contribution in [3.8, 4) is 0 Å². The highest BCUT2D eigenvalue weighted by atomic mass is 16.2. The summed E-state index contributed by atoms with van der Waals surface area (Å²) in [6.45, 7) is 4.03. The summed E-state index contributed by atoms with van der Waals surface area (Å²) in [5, 5.41) is 2.82. The second-order valence-electron chi connectivity index (χ2n) is 3.92. The summed E-state index contributed by atoms with van der Waals surface area (Å²) >= 11 is 0. The zero-order valence-corrected chi connectivity index (χ0v) is 8.50. The fraction of sp³-hybridized carbons (Fsp3) is 0.455. The van der Waals surface area contributed by atoms with Crippen LogP contribution in [0.4, 0.5) is 5.82 Å². The molecule has 1 aliphatic carbocycles. The Hall–Kier alpha value is -1.38. The molecule has 1 N–H and O–H groups in total. The van der Waals surface area contributed by atoms with E-state index in [1.54, 1.807) is 6.20 Å². The molecule has 0 bridgehead atoms. The Morgan fingerprint density at radius 2 is 2.14 bits per heavy atom. The fourth-order valence-corrected chi connectivity index (χ4v) is 1.27. The SMILES string of the molecule is Cc1cnc(NC(=O)C2CC2)cc1C. The second-order valence-corrected chi connectivity index (χ2v) is 3.92. The molecule has 0 aliphatic heterocycles. The fourth-order valence-electron chi connectivity index (χ4n) is 1.27. The zero-order chi connectivity index (χ0) is 10.1. The maximum atomic E-state index is 11.4. The molecule has 1 fully saturated rings. The van der Waals surface area contributed by atoms with E-state index < -0.39 is 0 Å². The number of carbonyl (C=O) groups is 1. The van der Waals surface area contributed by atoms with Crippen molar-refractivity contribution in [2.75, 3.05) is 5.32 Å².